The van der Waals surface area contributed by atoms with Gasteiger partial charge in [-0.25, -0.2) is 14.4 Å². The number of rotatable bonds is 2. The Morgan fingerprint density at radius 2 is 1.80 bits per heavy atom. The number of hydrogen-bond donors (Lipinski definition) is 5. The molecule has 3 aliphatic heterocycles. The number of anilines is 2. The molecule has 0 amide bonds. The third-order valence-electron chi connectivity index (χ3n) is 7.09. The van der Waals surface area contributed by atoms with Crippen LogP contribution in [0.1, 0.15) is 24.3 Å². The highest BCUT2D eigenvalue weighted by atomic mass is 32.5. The van der Waals surface area contributed by atoms with Crippen molar-refractivity contribution in [2.24, 2.45) is 0 Å². The van der Waals surface area contributed by atoms with Crippen molar-refractivity contribution in [1.82, 2.24) is 44.5 Å². The second kappa shape index (κ2) is 11.0. The summed E-state index contributed by atoms with van der Waals surface area (Å²) in [5.41, 5.74) is 11.4. The molecule has 0 aliphatic carbocycles. The number of nitrogens with zero attached hydrogens (tertiary/aromatic N) is 8. The van der Waals surface area contributed by atoms with Gasteiger partial charge in [-0.3, -0.25) is 14.3 Å². The van der Waals surface area contributed by atoms with E-state index in [0.717, 1.165) is 4.68 Å². The number of aromatic amines is 1. The lowest BCUT2D eigenvalue weighted by molar-refractivity contribution is -0.0605. The molecule has 2 unspecified atom stereocenters. The standard InChI is InChI=1S/C19H22FN11O9P2S2/c20-11-10-4-36-41(33,43)39-8-1-7(6-2-25-31-14(6)23-5-24-19(31)22)37-9(8)3-35-42(34,44)40-13(11)17(38-10)30-15-12(28-29-30)16(32)27-18(21)26-15/h2,5,7-11,13,17H,1,3-4H2,(H,33,43)(H,34,44)(H2,22,23,24)(H3,21,26,27,32)/t7-,8+,9-,10-,11+,13-,17-,41?,42?/m1/s1. The summed E-state index contributed by atoms with van der Waals surface area (Å²) in [6, 6.07) is 0. The second-order valence-electron chi connectivity index (χ2n) is 9.88. The average molecular weight is 694 g/mol. The van der Waals surface area contributed by atoms with E-state index in [2.05, 4.69) is 35.3 Å². The highest BCUT2D eigenvalue weighted by Crippen LogP contribution is 2.54. The Balaban J connectivity index is 1.19. The van der Waals surface area contributed by atoms with Crippen molar-refractivity contribution in [2.45, 2.75) is 49.3 Å². The third-order valence-corrected chi connectivity index (χ3v) is 10.2. The van der Waals surface area contributed by atoms with Gasteiger partial charge in [0.05, 0.1) is 31.6 Å². The van der Waals surface area contributed by atoms with Crippen LogP contribution in [0, 0.1) is 0 Å². The highest BCUT2D eigenvalue weighted by molar-refractivity contribution is 8.07. The normalized spacial score (nSPS) is 36.6. The Kier molecular flexibility index (Phi) is 7.50. The van der Waals surface area contributed by atoms with Crippen LogP contribution < -0.4 is 17.0 Å². The second-order valence-corrected chi connectivity index (χ2v) is 15.5. The van der Waals surface area contributed by atoms with Crippen molar-refractivity contribution in [2.75, 3.05) is 24.7 Å². The molecule has 4 aromatic heterocycles. The molecule has 0 spiro atoms. The fraction of sp³-hybridized carbons (Fsp3) is 0.526. The van der Waals surface area contributed by atoms with Crippen molar-refractivity contribution in [3.8, 4) is 0 Å². The molecule has 3 fully saturated rings. The van der Waals surface area contributed by atoms with E-state index in [1.807, 2.05) is 0 Å². The Morgan fingerprint density at radius 1 is 1.05 bits per heavy atom. The van der Waals surface area contributed by atoms with Gasteiger partial charge in [-0.1, -0.05) is 5.21 Å². The zero-order valence-electron chi connectivity index (χ0n) is 21.9. The summed E-state index contributed by atoms with van der Waals surface area (Å²) >= 11 is 10.4. The van der Waals surface area contributed by atoms with Gasteiger partial charge in [0.15, 0.2) is 29.2 Å². The van der Waals surface area contributed by atoms with Crippen LogP contribution in [0.15, 0.2) is 17.3 Å². The third kappa shape index (κ3) is 5.42. The van der Waals surface area contributed by atoms with Crippen molar-refractivity contribution in [1.29, 1.82) is 0 Å². The molecule has 25 heteroatoms. The quantitative estimate of drug-likeness (QED) is 0.160. The van der Waals surface area contributed by atoms with Gasteiger partial charge in [0.1, 0.15) is 24.6 Å². The largest absolute Gasteiger partial charge is 0.369 e. The van der Waals surface area contributed by atoms with Crippen LogP contribution in [-0.2, 0) is 51.2 Å². The van der Waals surface area contributed by atoms with Gasteiger partial charge in [0.25, 0.3) is 5.56 Å². The predicted molar refractivity (Wildman–Crippen MR) is 151 cm³/mol. The Hall–Kier alpha value is -2.66. The Bertz CT molecular complexity index is 1910. The topological polar surface area (TPSA) is 267 Å². The lowest BCUT2D eigenvalue weighted by Gasteiger charge is -2.27. The minimum absolute atomic E-state index is 0.102. The molecule has 0 aromatic carbocycles. The van der Waals surface area contributed by atoms with E-state index in [9.17, 15) is 14.6 Å². The van der Waals surface area contributed by atoms with Gasteiger partial charge in [0.2, 0.25) is 11.9 Å². The molecule has 7 rings (SSSR count). The number of aromatic nitrogens is 9. The molecule has 3 saturated heterocycles. The molecule has 9 atom stereocenters. The number of ether oxygens (including phenoxy) is 2. The van der Waals surface area contributed by atoms with E-state index in [4.69, 9.17) is 62.6 Å². The van der Waals surface area contributed by atoms with E-state index in [1.165, 1.54) is 17.0 Å². The maximum absolute atomic E-state index is 15.8. The molecule has 44 heavy (non-hydrogen) atoms. The highest BCUT2D eigenvalue weighted by Gasteiger charge is 2.52. The first-order valence-corrected chi connectivity index (χ1v) is 17.9. The molecule has 3 aliphatic rings. The number of H-pyrrole nitrogens is 1. The maximum atomic E-state index is 15.8. The predicted octanol–water partition coefficient (Wildman–Crippen LogP) is -0.867. The van der Waals surface area contributed by atoms with E-state index < -0.39 is 75.1 Å². The molecule has 20 nitrogen and oxygen atoms in total. The summed E-state index contributed by atoms with van der Waals surface area (Å²) in [6.45, 7) is -9.30. The Morgan fingerprint density at radius 3 is 2.59 bits per heavy atom. The SMILES string of the molecule is Nc1nc2c(nnn2[C@@H]2O[C@@H]3COP(O)(=S)O[C@H]4C[C@H](c5cnn6c(N)ncnc56)O[C@@H]4COP(O)(=S)O[C@@H]2[C@H]3F)c(=O)[nH]1. The number of nitrogens with one attached hydrogen (secondary N) is 1. The lowest BCUT2D eigenvalue weighted by atomic mass is 10.1. The van der Waals surface area contributed by atoms with Crippen LogP contribution in [0.3, 0.4) is 0 Å². The van der Waals surface area contributed by atoms with Gasteiger partial charge in [-0.05, 0) is 23.6 Å². The van der Waals surface area contributed by atoms with E-state index >= 15 is 4.39 Å². The molecule has 0 saturated carbocycles. The van der Waals surface area contributed by atoms with Gasteiger partial charge in [-0.2, -0.15) is 19.3 Å². The monoisotopic (exact) mass is 693 g/mol. The van der Waals surface area contributed by atoms with Crippen LogP contribution in [-0.4, -0.2) is 98.1 Å². The van der Waals surface area contributed by atoms with Gasteiger partial charge in [-0.15, -0.1) is 5.10 Å². The molecule has 4 aromatic rings. The van der Waals surface area contributed by atoms with Crippen molar-refractivity contribution >= 4 is 65.8 Å². The smallest absolute Gasteiger partial charge is 0.325 e. The van der Waals surface area contributed by atoms with Crippen molar-refractivity contribution in [3.63, 3.8) is 0 Å². The number of fused-ring (bicyclic) bond motifs is 5. The molecule has 236 valence electrons. The lowest BCUT2D eigenvalue weighted by Crippen LogP contribution is -2.32. The first-order chi connectivity index (χ1) is 20.9. The van der Waals surface area contributed by atoms with E-state index in [0.29, 0.717) is 11.2 Å². The van der Waals surface area contributed by atoms with Crippen LogP contribution in [0.4, 0.5) is 16.3 Å². The number of alkyl halides is 1. The summed E-state index contributed by atoms with van der Waals surface area (Å²) in [5, 5.41) is 11.8. The first kappa shape index (κ1) is 30.0. The summed E-state index contributed by atoms with van der Waals surface area (Å²) in [6.07, 6.45) is -6.31. The molecular formula is C19H22FN11O9P2S2. The van der Waals surface area contributed by atoms with Crippen molar-refractivity contribution in [3.05, 3.63) is 28.4 Å². The average Bonchev–Trinajstić information content (AvgIpc) is 3.72. The molecular weight excluding hydrogens is 671 g/mol. The zero-order valence-corrected chi connectivity index (χ0v) is 25.3. The maximum Gasteiger partial charge on any atom is 0.325 e. The van der Waals surface area contributed by atoms with Crippen LogP contribution in [0.2, 0.25) is 0 Å². The number of nitrogen functional groups attached to an aromatic ring is 2. The summed E-state index contributed by atoms with van der Waals surface area (Å²) in [4.78, 5) is 48.6. The molecule has 7 heterocycles. The minimum atomic E-state index is -4.23. The molecule has 7 N–H and O–H groups in total. The fourth-order valence-electron chi connectivity index (χ4n) is 5.14. The summed E-state index contributed by atoms with van der Waals surface area (Å²) in [5.74, 6) is -0.163. The Labute approximate surface area is 254 Å². The molecule has 2 bridgehead atoms. The van der Waals surface area contributed by atoms with Crippen molar-refractivity contribution < 1.29 is 41.7 Å². The van der Waals surface area contributed by atoms with Crippen LogP contribution >= 0.6 is 13.4 Å². The minimum Gasteiger partial charge on any atom is -0.369 e. The van der Waals surface area contributed by atoms with Gasteiger partial charge in [0, 0.05) is 12.0 Å². The fourth-order valence-corrected chi connectivity index (χ4v) is 8.02. The van der Waals surface area contributed by atoms with E-state index in [-0.39, 0.29) is 29.5 Å². The number of halogens is 1. The summed E-state index contributed by atoms with van der Waals surface area (Å²) in [7, 11) is 0. The van der Waals surface area contributed by atoms with Crippen LogP contribution in [0.25, 0.3) is 16.8 Å². The first-order valence-electron chi connectivity index (χ1n) is 12.7. The zero-order chi connectivity index (χ0) is 31.0. The number of nitrogens with two attached hydrogens (primary N) is 2. The van der Waals surface area contributed by atoms with Gasteiger partial charge >= 0.3 is 13.4 Å². The summed E-state index contributed by atoms with van der Waals surface area (Å²) < 4.78 is 52.5. The number of hydrogen-bond acceptors (Lipinski definition) is 17. The molecule has 0 radical (unpaired) electrons. The van der Waals surface area contributed by atoms with Gasteiger partial charge < -0.3 is 44.3 Å². The van der Waals surface area contributed by atoms with E-state index in [1.54, 1.807) is 0 Å². The van der Waals surface area contributed by atoms with Crippen LogP contribution in [0.5, 0.6) is 0 Å².